The topological polar surface area (TPSA) is 94.3 Å². The van der Waals surface area contributed by atoms with Gasteiger partial charge in [-0.25, -0.2) is 14.5 Å². The zero-order chi connectivity index (χ0) is 18.5. The summed E-state index contributed by atoms with van der Waals surface area (Å²) in [5, 5.41) is 13.1. The number of pyridine rings is 1. The molecule has 0 aliphatic heterocycles. The molecule has 0 aromatic carbocycles. The minimum absolute atomic E-state index is 0.00775. The molecule has 0 saturated heterocycles. The van der Waals surface area contributed by atoms with Crippen molar-refractivity contribution in [1.82, 2.24) is 14.8 Å². The highest BCUT2D eigenvalue weighted by Crippen LogP contribution is 2.24. The van der Waals surface area contributed by atoms with Crippen molar-refractivity contribution < 1.29 is 19.4 Å². The highest BCUT2D eigenvalue weighted by Gasteiger charge is 2.20. The molecule has 2 heterocycles. The molecule has 1 N–H and O–H groups in total. The fourth-order valence-corrected chi connectivity index (χ4v) is 3.32. The number of rotatable bonds is 6. The lowest BCUT2D eigenvalue weighted by atomic mass is 9.96. The number of halogens is 1. The summed E-state index contributed by atoms with van der Waals surface area (Å²) in [6, 6.07) is 4.49. The van der Waals surface area contributed by atoms with E-state index < -0.39 is 5.97 Å². The van der Waals surface area contributed by atoms with E-state index in [4.69, 9.17) is 21.4 Å². The summed E-state index contributed by atoms with van der Waals surface area (Å²) in [4.78, 5) is 27.3. The number of nitrogens with zero attached hydrogens (tertiary/aromatic N) is 3. The number of aromatic carboxylic acids is 1. The monoisotopic (exact) mass is 377 g/mol. The standard InChI is InChI=1S/C18H20ClN3O4/c19-17-13(18(24)25)7-8-15(20-17)22-10-9-16(21-22)26-11-14(23)12-5-3-1-2-4-6-12/h7-10,12H,1-6,11H2,(H,24,25). The number of carboxylic acid groups (broad SMARTS) is 1. The van der Waals surface area contributed by atoms with Crippen molar-refractivity contribution in [3.8, 4) is 11.7 Å². The molecule has 7 nitrogen and oxygen atoms in total. The second kappa shape index (κ2) is 8.31. The Balaban J connectivity index is 1.62. The first-order valence-corrected chi connectivity index (χ1v) is 9.04. The fourth-order valence-electron chi connectivity index (χ4n) is 3.09. The summed E-state index contributed by atoms with van der Waals surface area (Å²) < 4.78 is 6.94. The van der Waals surface area contributed by atoms with Crippen molar-refractivity contribution in [2.45, 2.75) is 38.5 Å². The summed E-state index contributed by atoms with van der Waals surface area (Å²) in [7, 11) is 0. The van der Waals surface area contributed by atoms with E-state index in [1.807, 2.05) is 0 Å². The molecule has 1 fully saturated rings. The molecule has 3 rings (SSSR count). The zero-order valence-corrected chi connectivity index (χ0v) is 15.0. The number of carbonyl (C=O) groups is 2. The highest BCUT2D eigenvalue weighted by molar-refractivity contribution is 6.32. The highest BCUT2D eigenvalue weighted by atomic mass is 35.5. The molecule has 8 heteroatoms. The summed E-state index contributed by atoms with van der Waals surface area (Å²) in [5.41, 5.74) is -0.0759. The van der Waals surface area contributed by atoms with Gasteiger partial charge in [0.05, 0.1) is 5.56 Å². The number of ether oxygens (including phenoxy) is 1. The van der Waals surface area contributed by atoms with E-state index >= 15 is 0 Å². The Bertz CT molecular complexity index is 797. The van der Waals surface area contributed by atoms with Crippen molar-refractivity contribution in [3.63, 3.8) is 0 Å². The van der Waals surface area contributed by atoms with Gasteiger partial charge in [-0.3, -0.25) is 4.79 Å². The number of carbonyl (C=O) groups excluding carboxylic acids is 1. The first-order valence-electron chi connectivity index (χ1n) is 8.66. The smallest absolute Gasteiger partial charge is 0.338 e. The largest absolute Gasteiger partial charge is 0.478 e. The fraction of sp³-hybridized carbons (Fsp3) is 0.444. The average Bonchev–Trinajstić information content (AvgIpc) is 2.92. The molecular formula is C18H20ClN3O4. The number of Topliss-reactive ketones (excluding diaryl/α,β-unsaturated/α-hetero) is 1. The van der Waals surface area contributed by atoms with Gasteiger partial charge in [-0.15, -0.1) is 5.10 Å². The molecule has 1 saturated carbocycles. The van der Waals surface area contributed by atoms with Gasteiger partial charge < -0.3 is 9.84 Å². The van der Waals surface area contributed by atoms with Crippen LogP contribution in [0.1, 0.15) is 48.9 Å². The van der Waals surface area contributed by atoms with E-state index in [-0.39, 0.29) is 29.0 Å². The van der Waals surface area contributed by atoms with Gasteiger partial charge in [0.25, 0.3) is 0 Å². The molecule has 0 unspecified atom stereocenters. The number of hydrogen-bond acceptors (Lipinski definition) is 5. The first-order chi connectivity index (χ1) is 12.5. The molecule has 1 aliphatic carbocycles. The molecule has 0 amide bonds. The van der Waals surface area contributed by atoms with E-state index in [0.29, 0.717) is 11.7 Å². The van der Waals surface area contributed by atoms with Crippen molar-refractivity contribution in [3.05, 3.63) is 35.1 Å². The molecule has 0 spiro atoms. The maximum Gasteiger partial charge on any atom is 0.338 e. The van der Waals surface area contributed by atoms with Crippen molar-refractivity contribution >= 4 is 23.4 Å². The SMILES string of the molecule is O=C(O)c1ccc(-n2ccc(OCC(=O)C3CCCCCC3)n2)nc1Cl. The van der Waals surface area contributed by atoms with Crippen LogP contribution >= 0.6 is 11.6 Å². The van der Waals surface area contributed by atoms with Crippen LogP contribution in [0.5, 0.6) is 5.88 Å². The van der Waals surface area contributed by atoms with E-state index in [0.717, 1.165) is 25.7 Å². The van der Waals surface area contributed by atoms with Crippen LogP contribution in [0.4, 0.5) is 0 Å². The summed E-state index contributed by atoms with van der Waals surface area (Å²) in [6.45, 7) is 0.00775. The van der Waals surface area contributed by atoms with E-state index in [1.54, 1.807) is 12.3 Å². The molecule has 138 valence electrons. The van der Waals surface area contributed by atoms with Gasteiger partial charge in [-0.2, -0.15) is 0 Å². The first kappa shape index (κ1) is 18.4. The van der Waals surface area contributed by atoms with Crippen LogP contribution in [0.2, 0.25) is 5.15 Å². The van der Waals surface area contributed by atoms with Gasteiger partial charge in [-0.05, 0) is 25.0 Å². The number of ketones is 1. The lowest BCUT2D eigenvalue weighted by Crippen LogP contribution is -2.21. The van der Waals surface area contributed by atoms with Crippen LogP contribution in [0.3, 0.4) is 0 Å². The third-order valence-electron chi connectivity index (χ3n) is 4.54. The van der Waals surface area contributed by atoms with Crippen molar-refractivity contribution in [2.75, 3.05) is 6.61 Å². The normalized spacial score (nSPS) is 15.4. The minimum atomic E-state index is -1.14. The number of aromatic nitrogens is 3. The molecular weight excluding hydrogens is 358 g/mol. The van der Waals surface area contributed by atoms with Crippen LogP contribution in [-0.4, -0.2) is 38.2 Å². The second-order valence-electron chi connectivity index (χ2n) is 6.35. The third-order valence-corrected chi connectivity index (χ3v) is 4.82. The summed E-state index contributed by atoms with van der Waals surface area (Å²) in [6.07, 6.45) is 8.10. The van der Waals surface area contributed by atoms with Crippen LogP contribution in [0, 0.1) is 5.92 Å². The molecule has 0 bridgehead atoms. The molecule has 2 aromatic rings. The Labute approximate surface area is 155 Å². The maximum absolute atomic E-state index is 12.3. The van der Waals surface area contributed by atoms with Gasteiger partial charge in [0.1, 0.15) is 11.8 Å². The van der Waals surface area contributed by atoms with Crippen molar-refractivity contribution in [2.24, 2.45) is 5.92 Å². The Morgan fingerprint density at radius 1 is 1.19 bits per heavy atom. The van der Waals surface area contributed by atoms with Crippen molar-refractivity contribution in [1.29, 1.82) is 0 Å². The van der Waals surface area contributed by atoms with Gasteiger partial charge in [-0.1, -0.05) is 37.3 Å². The Morgan fingerprint density at radius 2 is 1.92 bits per heavy atom. The molecule has 2 aromatic heterocycles. The maximum atomic E-state index is 12.3. The van der Waals surface area contributed by atoms with Gasteiger partial charge in [0, 0.05) is 18.2 Å². The predicted octanol–water partition coefficient (Wildman–Crippen LogP) is 3.54. The Kier molecular flexibility index (Phi) is 5.88. The summed E-state index contributed by atoms with van der Waals surface area (Å²) >= 11 is 5.87. The second-order valence-corrected chi connectivity index (χ2v) is 6.71. The third kappa shape index (κ3) is 4.40. The van der Waals surface area contributed by atoms with Gasteiger partial charge >= 0.3 is 5.97 Å². The molecule has 0 atom stereocenters. The van der Waals surface area contributed by atoms with Crippen LogP contribution in [0.15, 0.2) is 24.4 Å². The quantitative estimate of drug-likeness (QED) is 0.611. The number of carboxylic acids is 1. The number of hydrogen-bond donors (Lipinski definition) is 1. The van der Waals surface area contributed by atoms with Gasteiger partial charge in [0.15, 0.2) is 11.6 Å². The Morgan fingerprint density at radius 3 is 2.58 bits per heavy atom. The predicted molar refractivity (Wildman–Crippen MR) is 95.0 cm³/mol. The Hall–Kier alpha value is -2.41. The van der Waals surface area contributed by atoms with Crippen LogP contribution in [-0.2, 0) is 4.79 Å². The molecule has 0 radical (unpaired) electrons. The molecule has 26 heavy (non-hydrogen) atoms. The minimum Gasteiger partial charge on any atom is -0.478 e. The van der Waals surface area contributed by atoms with Gasteiger partial charge in [0.2, 0.25) is 5.88 Å². The van der Waals surface area contributed by atoms with E-state index in [9.17, 15) is 9.59 Å². The average molecular weight is 378 g/mol. The molecule has 1 aliphatic rings. The summed E-state index contributed by atoms with van der Waals surface area (Å²) in [5.74, 6) is -0.259. The zero-order valence-electron chi connectivity index (χ0n) is 14.2. The lowest BCUT2D eigenvalue weighted by molar-refractivity contribution is -0.125. The van der Waals surface area contributed by atoms with E-state index in [2.05, 4.69) is 10.1 Å². The van der Waals surface area contributed by atoms with Crippen LogP contribution in [0.25, 0.3) is 5.82 Å². The van der Waals surface area contributed by atoms with Crippen LogP contribution < -0.4 is 4.74 Å². The van der Waals surface area contributed by atoms with E-state index in [1.165, 1.54) is 29.7 Å². The lowest BCUT2D eigenvalue weighted by Gasteiger charge is -2.12.